The maximum Gasteiger partial charge on any atom is -0.0178 e. The third-order valence-electron chi connectivity index (χ3n) is 5.02. The predicted molar refractivity (Wildman–Crippen MR) is 68.8 cm³/mol. The molecule has 0 amide bonds. The van der Waals surface area contributed by atoms with E-state index in [9.17, 15) is 0 Å². The Morgan fingerprint density at radius 3 is 1.67 bits per heavy atom. The Morgan fingerprint density at radius 2 is 1.33 bits per heavy atom. The van der Waals surface area contributed by atoms with Gasteiger partial charge in [0.05, 0.1) is 0 Å². The van der Waals surface area contributed by atoms with Crippen LogP contribution in [0, 0.1) is 23.7 Å². The molecule has 6 unspecified atom stereocenters. The van der Waals surface area contributed by atoms with E-state index in [0.29, 0.717) is 7.92 Å². The Morgan fingerprint density at radius 1 is 0.867 bits per heavy atom. The lowest BCUT2D eigenvalue weighted by Crippen LogP contribution is -1.99. The van der Waals surface area contributed by atoms with E-state index in [0.717, 1.165) is 23.7 Å². The molecule has 3 aliphatic rings. The molecule has 0 heterocycles. The van der Waals surface area contributed by atoms with Crippen LogP contribution in [0.3, 0.4) is 0 Å². The van der Waals surface area contributed by atoms with Crippen LogP contribution in [0.4, 0.5) is 0 Å². The van der Waals surface area contributed by atoms with Crippen molar-refractivity contribution < 1.29 is 0 Å². The second-order valence-corrected chi connectivity index (χ2v) is 9.36. The van der Waals surface area contributed by atoms with Crippen molar-refractivity contribution in [2.45, 2.75) is 57.8 Å². The fraction of sp³-hybridized carbons (Fsp3) is 1.00. The van der Waals surface area contributed by atoms with Crippen molar-refractivity contribution >= 4 is 7.92 Å². The third kappa shape index (κ3) is 2.26. The molecule has 3 saturated carbocycles. The van der Waals surface area contributed by atoms with Crippen molar-refractivity contribution in [1.82, 2.24) is 0 Å². The van der Waals surface area contributed by atoms with Gasteiger partial charge in [0.1, 0.15) is 0 Å². The molecule has 15 heavy (non-hydrogen) atoms. The van der Waals surface area contributed by atoms with Crippen molar-refractivity contribution in [3.63, 3.8) is 0 Å². The van der Waals surface area contributed by atoms with Crippen molar-refractivity contribution in [2.24, 2.45) is 23.7 Å². The third-order valence-corrected chi connectivity index (χ3v) is 8.94. The van der Waals surface area contributed by atoms with Crippen molar-refractivity contribution in [3.8, 4) is 0 Å². The van der Waals surface area contributed by atoms with Gasteiger partial charge in [0.25, 0.3) is 0 Å². The zero-order valence-corrected chi connectivity index (χ0v) is 11.3. The molecule has 0 bridgehead atoms. The van der Waals surface area contributed by atoms with Gasteiger partial charge in [-0.2, -0.15) is 0 Å². The van der Waals surface area contributed by atoms with E-state index in [1.165, 1.54) is 11.3 Å². The standard InChI is InChI=1S/C14H25P/c1-9-6-12(9)4-5-15(13-7-10(13)2)14-8-11(14)3/h9-14H,4-8H2,1-3H3. The van der Waals surface area contributed by atoms with E-state index in [4.69, 9.17) is 0 Å². The van der Waals surface area contributed by atoms with Crippen LogP contribution in [0.5, 0.6) is 0 Å². The summed E-state index contributed by atoms with van der Waals surface area (Å²) in [6.45, 7) is 7.39. The Kier molecular flexibility index (Phi) is 2.63. The smallest absolute Gasteiger partial charge is 0.0178 e. The summed E-state index contributed by atoms with van der Waals surface area (Å²) in [7, 11) is 0.453. The number of hydrogen-bond donors (Lipinski definition) is 0. The highest BCUT2D eigenvalue weighted by Gasteiger charge is 2.49. The highest BCUT2D eigenvalue weighted by Crippen LogP contribution is 2.68. The number of hydrogen-bond acceptors (Lipinski definition) is 0. The lowest BCUT2D eigenvalue weighted by atomic mass is 10.3. The van der Waals surface area contributed by atoms with Crippen LogP contribution >= 0.6 is 7.92 Å². The lowest BCUT2D eigenvalue weighted by molar-refractivity contribution is 0.726. The number of rotatable bonds is 5. The molecule has 0 N–H and O–H groups in total. The van der Waals surface area contributed by atoms with E-state index in [1.807, 2.05) is 0 Å². The van der Waals surface area contributed by atoms with Gasteiger partial charge in [-0.3, -0.25) is 0 Å². The molecule has 0 saturated heterocycles. The van der Waals surface area contributed by atoms with E-state index in [1.54, 1.807) is 31.8 Å². The van der Waals surface area contributed by atoms with E-state index in [-0.39, 0.29) is 0 Å². The Hall–Kier alpha value is 0.430. The second-order valence-electron chi connectivity index (χ2n) is 6.56. The van der Waals surface area contributed by atoms with Gasteiger partial charge in [-0.15, -0.1) is 0 Å². The summed E-state index contributed by atoms with van der Waals surface area (Å²) in [5.74, 6) is 4.41. The van der Waals surface area contributed by atoms with Gasteiger partial charge in [0.2, 0.25) is 0 Å². The summed E-state index contributed by atoms with van der Waals surface area (Å²) < 4.78 is 0. The van der Waals surface area contributed by atoms with Gasteiger partial charge in [-0.1, -0.05) is 28.7 Å². The largest absolute Gasteiger partial charge is 0.0998 e. The van der Waals surface area contributed by atoms with Gasteiger partial charge in [0.15, 0.2) is 0 Å². The Balaban J connectivity index is 1.49. The van der Waals surface area contributed by atoms with Gasteiger partial charge in [0, 0.05) is 0 Å². The Bertz CT molecular complexity index is 234. The first-order chi connectivity index (χ1) is 7.16. The summed E-state index contributed by atoms with van der Waals surface area (Å²) in [6.07, 6.45) is 7.92. The van der Waals surface area contributed by atoms with Crippen molar-refractivity contribution in [1.29, 1.82) is 0 Å². The molecule has 0 aromatic rings. The summed E-state index contributed by atoms with van der Waals surface area (Å²) in [5, 5.41) is 0. The highest BCUT2D eigenvalue weighted by atomic mass is 31.1. The monoisotopic (exact) mass is 224 g/mol. The van der Waals surface area contributed by atoms with Crippen LogP contribution in [0.1, 0.15) is 46.5 Å². The van der Waals surface area contributed by atoms with Crippen LogP contribution in [-0.4, -0.2) is 17.5 Å². The maximum atomic E-state index is 2.48. The Labute approximate surface area is 96.0 Å². The van der Waals surface area contributed by atoms with Gasteiger partial charge in [-0.05, 0) is 66.8 Å². The first-order valence-corrected chi connectivity index (χ1v) is 8.59. The molecule has 0 aromatic carbocycles. The minimum atomic E-state index is 0.453. The molecule has 1 heteroatoms. The van der Waals surface area contributed by atoms with Gasteiger partial charge < -0.3 is 0 Å². The molecule has 0 radical (unpaired) electrons. The van der Waals surface area contributed by atoms with Crippen LogP contribution in [0.2, 0.25) is 0 Å². The molecular weight excluding hydrogens is 199 g/mol. The molecule has 0 aliphatic heterocycles. The van der Waals surface area contributed by atoms with Crippen molar-refractivity contribution in [3.05, 3.63) is 0 Å². The molecular formula is C14H25P. The minimum absolute atomic E-state index is 0.453. The van der Waals surface area contributed by atoms with Crippen LogP contribution in [-0.2, 0) is 0 Å². The summed E-state index contributed by atoms with van der Waals surface area (Å²) >= 11 is 0. The average Bonchev–Trinajstić information content (AvgIpc) is 3.06. The van der Waals surface area contributed by atoms with Gasteiger partial charge in [-0.25, -0.2) is 0 Å². The zero-order valence-electron chi connectivity index (χ0n) is 10.4. The summed E-state index contributed by atoms with van der Waals surface area (Å²) in [4.78, 5) is 0. The summed E-state index contributed by atoms with van der Waals surface area (Å²) in [5.41, 5.74) is 2.40. The van der Waals surface area contributed by atoms with E-state index >= 15 is 0 Å². The average molecular weight is 224 g/mol. The molecule has 0 aromatic heterocycles. The fourth-order valence-electron chi connectivity index (χ4n) is 3.22. The molecule has 6 atom stereocenters. The molecule has 3 fully saturated rings. The molecule has 3 aliphatic carbocycles. The highest BCUT2D eigenvalue weighted by molar-refractivity contribution is 7.59. The minimum Gasteiger partial charge on any atom is -0.0998 e. The fourth-order valence-corrected chi connectivity index (χ4v) is 7.52. The molecule has 3 rings (SSSR count). The zero-order chi connectivity index (χ0) is 10.6. The molecule has 86 valence electrons. The predicted octanol–water partition coefficient (Wildman–Crippen LogP) is 4.33. The topological polar surface area (TPSA) is 0 Å². The van der Waals surface area contributed by atoms with E-state index in [2.05, 4.69) is 20.8 Å². The van der Waals surface area contributed by atoms with Crippen LogP contribution in [0.15, 0.2) is 0 Å². The molecule has 0 nitrogen and oxygen atoms in total. The SMILES string of the molecule is CC1CC1CCP(C1CC1C)C1CC1C. The summed E-state index contributed by atoms with van der Waals surface area (Å²) in [6, 6.07) is 0. The van der Waals surface area contributed by atoms with Crippen LogP contribution < -0.4 is 0 Å². The van der Waals surface area contributed by atoms with E-state index < -0.39 is 0 Å². The van der Waals surface area contributed by atoms with Gasteiger partial charge >= 0.3 is 0 Å². The normalized spacial score (nSPS) is 53.8. The second kappa shape index (κ2) is 3.73. The lowest BCUT2D eigenvalue weighted by Gasteiger charge is -2.17. The maximum absolute atomic E-state index is 2.48. The molecule has 0 spiro atoms. The first-order valence-electron chi connectivity index (χ1n) is 6.92. The first kappa shape index (κ1) is 10.6. The van der Waals surface area contributed by atoms with Crippen molar-refractivity contribution in [2.75, 3.05) is 6.16 Å². The quantitative estimate of drug-likeness (QED) is 0.610. The van der Waals surface area contributed by atoms with Crippen LogP contribution in [0.25, 0.3) is 0 Å².